The third-order valence-electron chi connectivity index (χ3n) is 6.50. The lowest BCUT2D eigenvalue weighted by Crippen LogP contribution is -2.53. The largest absolute Gasteiger partial charge is 0.507 e. The van der Waals surface area contributed by atoms with E-state index in [1.54, 1.807) is 0 Å². The van der Waals surface area contributed by atoms with Gasteiger partial charge in [0.1, 0.15) is 23.0 Å². The zero-order chi connectivity index (χ0) is 21.1. The Bertz CT molecular complexity index is 991. The van der Waals surface area contributed by atoms with Crippen LogP contribution < -0.4 is 4.74 Å². The molecule has 1 aromatic heterocycles. The summed E-state index contributed by atoms with van der Waals surface area (Å²) in [5, 5.41) is 10.4. The number of hydrogen-bond acceptors (Lipinski definition) is 5. The number of aromatic nitrogens is 1. The summed E-state index contributed by atoms with van der Waals surface area (Å²) in [6, 6.07) is 0. The van der Waals surface area contributed by atoms with Gasteiger partial charge >= 0.3 is 0 Å². The number of rotatable bonds is 2. The SMILES string of the molecule is Cc1c(C)c2c(c(C)c1O)CCC(C)(C(=O)N1CCc3oc(C(C)C)nc3C1)O2. The molecule has 1 amide bonds. The number of hydrogen-bond donors (Lipinski definition) is 1. The van der Waals surface area contributed by atoms with Crippen molar-refractivity contribution in [2.75, 3.05) is 6.54 Å². The number of nitrogens with zero attached hydrogens (tertiary/aromatic N) is 2. The lowest BCUT2D eigenvalue weighted by atomic mass is 9.86. The van der Waals surface area contributed by atoms with Crippen LogP contribution in [0.15, 0.2) is 4.42 Å². The summed E-state index contributed by atoms with van der Waals surface area (Å²) < 4.78 is 12.2. The minimum absolute atomic E-state index is 0.00863. The van der Waals surface area contributed by atoms with Crippen molar-refractivity contribution >= 4 is 5.91 Å². The van der Waals surface area contributed by atoms with Crippen LogP contribution in [0.4, 0.5) is 0 Å². The van der Waals surface area contributed by atoms with E-state index in [2.05, 4.69) is 18.8 Å². The predicted molar refractivity (Wildman–Crippen MR) is 109 cm³/mol. The molecule has 2 aliphatic rings. The normalized spacial score (nSPS) is 21.0. The van der Waals surface area contributed by atoms with E-state index in [0.29, 0.717) is 38.1 Å². The van der Waals surface area contributed by atoms with E-state index in [0.717, 1.165) is 45.3 Å². The zero-order valence-corrected chi connectivity index (χ0v) is 18.2. The van der Waals surface area contributed by atoms with Gasteiger partial charge in [0.25, 0.3) is 5.91 Å². The molecule has 0 saturated heterocycles. The third kappa shape index (κ3) is 3.09. The van der Waals surface area contributed by atoms with Crippen LogP contribution in [0.1, 0.15) is 72.7 Å². The van der Waals surface area contributed by atoms with Crippen molar-refractivity contribution in [3.63, 3.8) is 0 Å². The molecule has 2 aromatic rings. The summed E-state index contributed by atoms with van der Waals surface area (Å²) in [5.41, 5.74) is 3.51. The van der Waals surface area contributed by atoms with Crippen molar-refractivity contribution in [2.24, 2.45) is 0 Å². The molecule has 2 aliphatic heterocycles. The second kappa shape index (κ2) is 6.78. The summed E-state index contributed by atoms with van der Waals surface area (Å²) >= 11 is 0. The predicted octanol–water partition coefficient (Wildman–Crippen LogP) is 4.10. The topological polar surface area (TPSA) is 75.8 Å². The second-order valence-electron chi connectivity index (χ2n) is 8.92. The molecule has 156 valence electrons. The van der Waals surface area contributed by atoms with E-state index in [1.165, 1.54) is 0 Å². The Morgan fingerprint density at radius 2 is 1.90 bits per heavy atom. The molecule has 0 aliphatic carbocycles. The van der Waals surface area contributed by atoms with Crippen molar-refractivity contribution in [1.29, 1.82) is 0 Å². The monoisotopic (exact) mass is 398 g/mol. The highest BCUT2D eigenvalue weighted by Gasteiger charge is 2.44. The van der Waals surface area contributed by atoms with Gasteiger partial charge in [-0.25, -0.2) is 4.98 Å². The van der Waals surface area contributed by atoms with Gasteiger partial charge in [-0.1, -0.05) is 13.8 Å². The number of phenolic OH excluding ortho intramolecular Hbond substituents is 1. The van der Waals surface area contributed by atoms with Gasteiger partial charge in [0.2, 0.25) is 0 Å². The maximum absolute atomic E-state index is 13.5. The molecule has 0 bridgehead atoms. The highest BCUT2D eigenvalue weighted by atomic mass is 16.5. The molecule has 29 heavy (non-hydrogen) atoms. The smallest absolute Gasteiger partial charge is 0.266 e. The second-order valence-corrected chi connectivity index (χ2v) is 8.92. The Morgan fingerprint density at radius 3 is 2.59 bits per heavy atom. The van der Waals surface area contributed by atoms with Gasteiger partial charge in [-0.05, 0) is 50.8 Å². The van der Waals surface area contributed by atoms with Crippen molar-refractivity contribution in [2.45, 2.75) is 78.9 Å². The quantitative estimate of drug-likeness (QED) is 0.824. The molecular weight excluding hydrogens is 368 g/mol. The first kappa shape index (κ1) is 19.8. The number of benzene rings is 1. The van der Waals surface area contributed by atoms with Gasteiger partial charge in [0.15, 0.2) is 11.5 Å². The van der Waals surface area contributed by atoms with Gasteiger partial charge in [-0.3, -0.25) is 4.79 Å². The Labute approximate surface area is 171 Å². The number of amides is 1. The summed E-state index contributed by atoms with van der Waals surface area (Å²) in [6.45, 7) is 12.8. The van der Waals surface area contributed by atoms with Crippen LogP contribution in [0.3, 0.4) is 0 Å². The number of aromatic hydroxyl groups is 1. The summed E-state index contributed by atoms with van der Waals surface area (Å²) in [4.78, 5) is 19.9. The molecule has 0 fully saturated rings. The molecule has 1 N–H and O–H groups in total. The molecule has 6 heteroatoms. The highest BCUT2D eigenvalue weighted by molar-refractivity contribution is 5.86. The standard InChI is InChI=1S/C23H30N2O4/c1-12(2)21-24-17-11-25(10-8-18(17)28-21)22(27)23(6)9-7-16-15(5)19(26)13(3)14(4)20(16)29-23/h12,26H,7-11H2,1-6H3. The molecule has 1 aromatic carbocycles. The number of fused-ring (bicyclic) bond motifs is 2. The van der Waals surface area contributed by atoms with Gasteiger partial charge in [-0.15, -0.1) is 0 Å². The van der Waals surface area contributed by atoms with Crippen LogP contribution in [0, 0.1) is 20.8 Å². The summed E-state index contributed by atoms with van der Waals surface area (Å²) in [6.07, 6.45) is 1.97. The fourth-order valence-corrected chi connectivity index (χ4v) is 4.37. The molecule has 0 saturated carbocycles. The number of carbonyl (C=O) groups excluding carboxylic acids is 1. The first-order valence-corrected chi connectivity index (χ1v) is 10.4. The average Bonchev–Trinajstić information content (AvgIpc) is 3.13. The zero-order valence-electron chi connectivity index (χ0n) is 18.2. The van der Waals surface area contributed by atoms with Gasteiger partial charge < -0.3 is 19.2 Å². The van der Waals surface area contributed by atoms with Crippen LogP contribution in [-0.2, 0) is 24.2 Å². The molecule has 0 radical (unpaired) electrons. The van der Waals surface area contributed by atoms with Crippen LogP contribution in [0.25, 0.3) is 0 Å². The van der Waals surface area contributed by atoms with E-state index < -0.39 is 5.60 Å². The van der Waals surface area contributed by atoms with Gasteiger partial charge in [0.05, 0.1) is 6.54 Å². The molecule has 3 heterocycles. The Balaban J connectivity index is 1.60. The van der Waals surface area contributed by atoms with E-state index in [4.69, 9.17) is 9.15 Å². The van der Waals surface area contributed by atoms with Crippen molar-refractivity contribution in [1.82, 2.24) is 9.88 Å². The van der Waals surface area contributed by atoms with Crippen LogP contribution in [0.5, 0.6) is 11.5 Å². The highest BCUT2D eigenvalue weighted by Crippen LogP contribution is 2.44. The number of carbonyl (C=O) groups is 1. The molecule has 0 spiro atoms. The lowest BCUT2D eigenvalue weighted by Gasteiger charge is -2.40. The van der Waals surface area contributed by atoms with E-state index >= 15 is 0 Å². The van der Waals surface area contributed by atoms with E-state index in [-0.39, 0.29) is 11.8 Å². The number of ether oxygens (including phenoxy) is 1. The Morgan fingerprint density at radius 1 is 1.17 bits per heavy atom. The van der Waals surface area contributed by atoms with E-state index in [9.17, 15) is 9.90 Å². The number of oxazole rings is 1. The van der Waals surface area contributed by atoms with Crippen molar-refractivity contribution < 1.29 is 19.1 Å². The average molecular weight is 399 g/mol. The maximum Gasteiger partial charge on any atom is 0.266 e. The van der Waals surface area contributed by atoms with Crippen LogP contribution >= 0.6 is 0 Å². The molecule has 4 rings (SSSR count). The molecule has 1 unspecified atom stereocenters. The van der Waals surface area contributed by atoms with Crippen molar-refractivity contribution in [3.05, 3.63) is 39.6 Å². The fraction of sp³-hybridized carbons (Fsp3) is 0.565. The Kier molecular flexibility index (Phi) is 4.63. The summed E-state index contributed by atoms with van der Waals surface area (Å²) in [7, 11) is 0. The molecule has 6 nitrogen and oxygen atoms in total. The first-order chi connectivity index (χ1) is 13.6. The van der Waals surface area contributed by atoms with Gasteiger partial charge in [-0.2, -0.15) is 0 Å². The minimum Gasteiger partial charge on any atom is -0.507 e. The van der Waals surface area contributed by atoms with E-state index in [1.807, 2.05) is 32.6 Å². The maximum atomic E-state index is 13.5. The fourth-order valence-electron chi connectivity index (χ4n) is 4.37. The lowest BCUT2D eigenvalue weighted by molar-refractivity contribution is -0.149. The minimum atomic E-state index is -0.921. The number of phenols is 1. The van der Waals surface area contributed by atoms with Crippen LogP contribution in [-0.4, -0.2) is 33.0 Å². The van der Waals surface area contributed by atoms with Crippen LogP contribution in [0.2, 0.25) is 0 Å². The molecule has 1 atom stereocenters. The summed E-state index contributed by atoms with van der Waals surface area (Å²) in [5.74, 6) is 2.93. The third-order valence-corrected chi connectivity index (χ3v) is 6.50. The Hall–Kier alpha value is -2.50. The van der Waals surface area contributed by atoms with Crippen molar-refractivity contribution in [3.8, 4) is 11.5 Å². The molecular formula is C23H30N2O4. The van der Waals surface area contributed by atoms with Gasteiger partial charge in [0, 0.05) is 30.9 Å². The first-order valence-electron chi connectivity index (χ1n) is 10.4.